The fraction of sp³-hybridized carbons (Fsp3) is 0.200. The van der Waals surface area contributed by atoms with Crippen molar-refractivity contribution in [2.75, 3.05) is 11.9 Å². The SMILES string of the molecule is Cn1cc([C@@H]2N(C(=O)c3ccc(-n4ccnc4)cc3)CC[C@]23C(=O)Nc2ccccc23)cn1. The Morgan fingerprint density at radius 1 is 1.15 bits per heavy atom. The summed E-state index contributed by atoms with van der Waals surface area (Å²) in [5.41, 5.74) is 3.27. The molecule has 2 aromatic carbocycles. The van der Waals surface area contributed by atoms with Gasteiger partial charge in [0.15, 0.2) is 0 Å². The molecule has 8 nitrogen and oxygen atoms in total. The molecule has 4 heterocycles. The van der Waals surface area contributed by atoms with Gasteiger partial charge < -0.3 is 14.8 Å². The number of anilines is 1. The number of carbonyl (C=O) groups is 2. The molecular weight excluding hydrogens is 416 g/mol. The predicted octanol–water partition coefficient (Wildman–Crippen LogP) is 3.08. The fourth-order valence-corrected chi connectivity index (χ4v) is 5.30. The van der Waals surface area contributed by atoms with Crippen LogP contribution < -0.4 is 5.32 Å². The van der Waals surface area contributed by atoms with Crippen molar-refractivity contribution >= 4 is 17.5 Å². The van der Waals surface area contributed by atoms with E-state index in [-0.39, 0.29) is 11.8 Å². The van der Waals surface area contributed by atoms with E-state index in [1.54, 1.807) is 23.4 Å². The Morgan fingerprint density at radius 2 is 1.97 bits per heavy atom. The largest absolute Gasteiger partial charge is 0.330 e. The average molecular weight is 438 g/mol. The molecule has 4 aromatic rings. The van der Waals surface area contributed by atoms with Crippen LogP contribution in [0.15, 0.2) is 79.6 Å². The predicted molar refractivity (Wildman–Crippen MR) is 122 cm³/mol. The van der Waals surface area contributed by atoms with Crippen LogP contribution in [0.3, 0.4) is 0 Å². The first kappa shape index (κ1) is 19.5. The molecule has 2 aliphatic heterocycles. The van der Waals surface area contributed by atoms with Gasteiger partial charge in [0.2, 0.25) is 5.91 Å². The van der Waals surface area contributed by atoms with Gasteiger partial charge in [0.05, 0.1) is 18.6 Å². The quantitative estimate of drug-likeness (QED) is 0.533. The van der Waals surface area contributed by atoms with Gasteiger partial charge in [-0.2, -0.15) is 5.10 Å². The lowest BCUT2D eigenvalue weighted by Gasteiger charge is -2.33. The van der Waals surface area contributed by atoms with Crippen molar-refractivity contribution in [2.24, 2.45) is 7.05 Å². The molecule has 33 heavy (non-hydrogen) atoms. The third-order valence-corrected chi connectivity index (χ3v) is 6.80. The van der Waals surface area contributed by atoms with Crippen molar-refractivity contribution in [3.8, 4) is 5.69 Å². The highest BCUT2D eigenvalue weighted by Crippen LogP contribution is 2.54. The smallest absolute Gasteiger partial charge is 0.254 e. The summed E-state index contributed by atoms with van der Waals surface area (Å²) in [5.74, 6) is -0.168. The van der Waals surface area contributed by atoms with E-state index in [4.69, 9.17) is 0 Å². The second-order valence-corrected chi connectivity index (χ2v) is 8.59. The molecule has 164 valence electrons. The Hall–Kier alpha value is -4.20. The van der Waals surface area contributed by atoms with Gasteiger partial charge in [0.1, 0.15) is 5.41 Å². The molecule has 2 amide bonds. The number of aryl methyl sites for hydroxylation is 1. The summed E-state index contributed by atoms with van der Waals surface area (Å²) < 4.78 is 3.60. The van der Waals surface area contributed by atoms with Crippen LogP contribution >= 0.6 is 0 Å². The molecule has 2 aliphatic rings. The number of fused-ring (bicyclic) bond motifs is 2. The summed E-state index contributed by atoms with van der Waals surface area (Å²) >= 11 is 0. The molecule has 1 spiro atoms. The summed E-state index contributed by atoms with van der Waals surface area (Å²) in [6, 6.07) is 14.8. The number of rotatable bonds is 3. The summed E-state index contributed by atoms with van der Waals surface area (Å²) in [6.45, 7) is 0.476. The number of hydrogen-bond donors (Lipinski definition) is 1. The molecular formula is C25H22N6O2. The van der Waals surface area contributed by atoms with Gasteiger partial charge >= 0.3 is 0 Å². The van der Waals surface area contributed by atoms with Crippen molar-refractivity contribution in [2.45, 2.75) is 17.9 Å². The van der Waals surface area contributed by atoms with Crippen molar-refractivity contribution in [3.63, 3.8) is 0 Å². The Morgan fingerprint density at radius 3 is 2.70 bits per heavy atom. The first-order valence-electron chi connectivity index (χ1n) is 10.9. The van der Waals surface area contributed by atoms with Crippen LogP contribution in [-0.2, 0) is 17.3 Å². The number of carbonyl (C=O) groups excluding carboxylic acids is 2. The maximum Gasteiger partial charge on any atom is 0.254 e. The molecule has 1 N–H and O–H groups in total. The summed E-state index contributed by atoms with van der Waals surface area (Å²) in [5, 5.41) is 7.39. The van der Waals surface area contributed by atoms with Crippen LogP contribution in [0.5, 0.6) is 0 Å². The van der Waals surface area contributed by atoms with Crippen LogP contribution in [0.4, 0.5) is 5.69 Å². The Kier molecular flexibility index (Phi) is 4.23. The third-order valence-electron chi connectivity index (χ3n) is 6.80. The van der Waals surface area contributed by atoms with E-state index in [1.165, 1.54) is 0 Å². The number of likely N-dealkylation sites (tertiary alicyclic amines) is 1. The number of hydrogen-bond acceptors (Lipinski definition) is 4. The van der Waals surface area contributed by atoms with Crippen LogP contribution in [0.1, 0.15) is 33.9 Å². The van der Waals surface area contributed by atoms with Crippen LogP contribution in [0.25, 0.3) is 5.69 Å². The van der Waals surface area contributed by atoms with E-state index in [2.05, 4.69) is 15.4 Å². The molecule has 2 aromatic heterocycles. The van der Waals surface area contributed by atoms with Gasteiger partial charge in [0.25, 0.3) is 5.91 Å². The highest BCUT2D eigenvalue weighted by Gasteiger charge is 2.59. The van der Waals surface area contributed by atoms with Crippen molar-refractivity contribution in [1.29, 1.82) is 0 Å². The normalized spacial score (nSPS) is 21.4. The first-order valence-corrected chi connectivity index (χ1v) is 10.9. The standard InChI is InChI=1S/C25H22N6O2/c1-29-15-18(14-27-29)22-25(20-4-2-3-5-21(20)28-24(25)33)10-12-31(22)23(32)17-6-8-19(9-7-17)30-13-11-26-16-30/h2-9,11,13-16,22H,10,12H2,1H3,(H,28,33)/t22-,25+/m0/s1. The Bertz CT molecular complexity index is 1360. The van der Waals surface area contributed by atoms with E-state index in [9.17, 15) is 9.59 Å². The van der Waals surface area contributed by atoms with Crippen LogP contribution in [0, 0.1) is 0 Å². The van der Waals surface area contributed by atoms with Gasteiger partial charge in [-0.3, -0.25) is 14.3 Å². The highest BCUT2D eigenvalue weighted by atomic mass is 16.2. The maximum absolute atomic E-state index is 13.7. The minimum absolute atomic E-state index is 0.0664. The lowest BCUT2D eigenvalue weighted by atomic mass is 9.73. The number of para-hydroxylation sites is 1. The zero-order valence-electron chi connectivity index (χ0n) is 18.0. The van der Waals surface area contributed by atoms with E-state index in [0.29, 0.717) is 18.5 Å². The number of aromatic nitrogens is 4. The molecule has 0 radical (unpaired) electrons. The lowest BCUT2D eigenvalue weighted by Crippen LogP contribution is -2.42. The molecule has 8 heteroatoms. The van der Waals surface area contributed by atoms with Gasteiger partial charge in [0, 0.05) is 54.7 Å². The molecule has 1 fully saturated rings. The van der Waals surface area contributed by atoms with Gasteiger partial charge in [-0.1, -0.05) is 18.2 Å². The third kappa shape index (κ3) is 2.83. The van der Waals surface area contributed by atoms with Crippen molar-refractivity contribution < 1.29 is 9.59 Å². The number of nitrogens with zero attached hydrogens (tertiary/aromatic N) is 5. The number of nitrogens with one attached hydrogen (secondary N) is 1. The summed E-state index contributed by atoms with van der Waals surface area (Å²) in [6.07, 6.45) is 9.49. The van der Waals surface area contributed by atoms with Gasteiger partial charge in [-0.25, -0.2) is 4.98 Å². The first-order chi connectivity index (χ1) is 16.1. The molecule has 0 saturated carbocycles. The second-order valence-electron chi connectivity index (χ2n) is 8.59. The minimum atomic E-state index is -0.841. The van der Waals surface area contributed by atoms with Gasteiger partial charge in [-0.15, -0.1) is 0 Å². The zero-order valence-corrected chi connectivity index (χ0v) is 18.0. The molecule has 0 unspecified atom stereocenters. The van der Waals surface area contributed by atoms with E-state index in [0.717, 1.165) is 22.5 Å². The number of benzene rings is 2. The molecule has 2 atom stereocenters. The Balaban J connectivity index is 1.42. The summed E-state index contributed by atoms with van der Waals surface area (Å²) in [4.78, 5) is 33.1. The fourth-order valence-electron chi connectivity index (χ4n) is 5.30. The number of imidazole rings is 1. The molecule has 0 bridgehead atoms. The maximum atomic E-state index is 13.7. The monoisotopic (exact) mass is 438 g/mol. The molecule has 6 rings (SSSR count). The van der Waals surface area contributed by atoms with E-state index in [1.807, 2.05) is 77.4 Å². The molecule has 1 saturated heterocycles. The van der Waals surface area contributed by atoms with Crippen molar-refractivity contribution in [3.05, 3.63) is 96.3 Å². The molecule has 0 aliphatic carbocycles. The average Bonchev–Trinajstić information content (AvgIpc) is 3.62. The van der Waals surface area contributed by atoms with Crippen molar-refractivity contribution in [1.82, 2.24) is 24.2 Å². The highest BCUT2D eigenvalue weighted by molar-refractivity contribution is 6.08. The number of amides is 2. The topological polar surface area (TPSA) is 85.0 Å². The van der Waals surface area contributed by atoms with Crippen LogP contribution in [-0.4, -0.2) is 42.6 Å². The summed E-state index contributed by atoms with van der Waals surface area (Å²) in [7, 11) is 1.84. The van der Waals surface area contributed by atoms with E-state index < -0.39 is 11.5 Å². The van der Waals surface area contributed by atoms with Gasteiger partial charge in [-0.05, 0) is 42.3 Å². The lowest BCUT2D eigenvalue weighted by molar-refractivity contribution is -0.121. The zero-order chi connectivity index (χ0) is 22.6. The Labute approximate surface area is 190 Å². The van der Waals surface area contributed by atoms with E-state index >= 15 is 0 Å². The second kappa shape index (κ2) is 7.16. The van der Waals surface area contributed by atoms with Crippen LogP contribution in [0.2, 0.25) is 0 Å². The minimum Gasteiger partial charge on any atom is -0.330 e.